The lowest BCUT2D eigenvalue weighted by Crippen LogP contribution is -2.31. The Hall–Kier alpha value is -2.36. The average Bonchev–Trinajstić information content (AvgIpc) is 2.48. The van der Waals surface area contributed by atoms with Gasteiger partial charge in [-0.25, -0.2) is 0 Å². The normalized spacial score (nSPS) is 10.2. The van der Waals surface area contributed by atoms with Gasteiger partial charge in [0.2, 0.25) is 0 Å². The molecule has 2 rings (SSSR count). The van der Waals surface area contributed by atoms with Gasteiger partial charge >= 0.3 is 0 Å². The molecular formula is C16H19N3O. The Morgan fingerprint density at radius 2 is 1.95 bits per heavy atom. The fourth-order valence-electron chi connectivity index (χ4n) is 2.17. The lowest BCUT2D eigenvalue weighted by atomic mass is 10.1. The number of carbonyl (C=O) groups is 1. The van der Waals surface area contributed by atoms with Crippen LogP contribution in [-0.2, 0) is 0 Å². The number of benzene rings is 1. The predicted molar refractivity (Wildman–Crippen MR) is 82.3 cm³/mol. The molecule has 0 aliphatic heterocycles. The number of carbonyl (C=O) groups excluding carboxylic acids is 1. The summed E-state index contributed by atoms with van der Waals surface area (Å²) in [5.41, 5.74) is 3.56. The number of rotatable bonds is 4. The van der Waals surface area contributed by atoms with Crippen LogP contribution in [-0.4, -0.2) is 24.5 Å². The molecule has 0 spiro atoms. The molecule has 0 aliphatic rings. The average molecular weight is 269 g/mol. The second-order valence-electron chi connectivity index (χ2n) is 4.53. The van der Waals surface area contributed by atoms with E-state index in [1.54, 1.807) is 17.3 Å². The zero-order valence-electron chi connectivity index (χ0n) is 12.1. The van der Waals surface area contributed by atoms with Gasteiger partial charge in [-0.15, -0.1) is 0 Å². The quantitative estimate of drug-likeness (QED) is 0.927. The smallest absolute Gasteiger partial charge is 0.258 e. The highest BCUT2D eigenvalue weighted by molar-refractivity contribution is 6.07. The Bertz CT molecular complexity index is 596. The number of hydrogen-bond acceptors (Lipinski definition) is 3. The van der Waals surface area contributed by atoms with Gasteiger partial charge in [0.15, 0.2) is 0 Å². The zero-order valence-corrected chi connectivity index (χ0v) is 12.1. The summed E-state index contributed by atoms with van der Waals surface area (Å²) in [6.45, 7) is 4.54. The Morgan fingerprint density at radius 3 is 2.50 bits per heavy atom. The van der Waals surface area contributed by atoms with Gasteiger partial charge < -0.3 is 10.2 Å². The number of hydrogen-bond donors (Lipinski definition) is 1. The van der Waals surface area contributed by atoms with Crippen LogP contribution >= 0.6 is 0 Å². The van der Waals surface area contributed by atoms with E-state index in [-0.39, 0.29) is 5.91 Å². The summed E-state index contributed by atoms with van der Waals surface area (Å²) in [5, 5.41) is 3.08. The van der Waals surface area contributed by atoms with Crippen molar-refractivity contribution in [2.75, 3.05) is 23.8 Å². The Labute approximate surface area is 119 Å². The first-order chi connectivity index (χ1) is 9.67. The standard InChI is InChI=1S/C16H19N3O/c1-4-19(14-7-9-18-10-8-14)16(20)15-6-5-13(17-3)11-12(15)2/h5-11,17H,4H2,1-3H3. The molecule has 4 heteroatoms. The molecule has 1 aromatic heterocycles. The zero-order chi connectivity index (χ0) is 14.5. The van der Waals surface area contributed by atoms with E-state index < -0.39 is 0 Å². The number of amides is 1. The minimum absolute atomic E-state index is 0.0128. The Morgan fingerprint density at radius 1 is 1.25 bits per heavy atom. The van der Waals surface area contributed by atoms with Crippen LogP contribution in [0.15, 0.2) is 42.7 Å². The van der Waals surface area contributed by atoms with E-state index in [2.05, 4.69) is 10.3 Å². The highest BCUT2D eigenvalue weighted by atomic mass is 16.2. The predicted octanol–water partition coefficient (Wildman–Crippen LogP) is 3.10. The van der Waals surface area contributed by atoms with Crippen LogP contribution in [0.3, 0.4) is 0 Å². The molecular weight excluding hydrogens is 250 g/mol. The van der Waals surface area contributed by atoms with Crippen molar-refractivity contribution in [2.45, 2.75) is 13.8 Å². The highest BCUT2D eigenvalue weighted by Crippen LogP contribution is 2.20. The molecule has 4 nitrogen and oxygen atoms in total. The molecule has 0 unspecified atom stereocenters. The fraction of sp³-hybridized carbons (Fsp3) is 0.250. The topological polar surface area (TPSA) is 45.2 Å². The summed E-state index contributed by atoms with van der Waals surface area (Å²) < 4.78 is 0. The van der Waals surface area contributed by atoms with E-state index in [9.17, 15) is 4.79 Å². The molecule has 0 atom stereocenters. The SMILES string of the molecule is CCN(C(=O)c1ccc(NC)cc1C)c1ccncc1. The van der Waals surface area contributed by atoms with E-state index in [1.807, 2.05) is 51.2 Å². The first-order valence-corrected chi connectivity index (χ1v) is 6.67. The van der Waals surface area contributed by atoms with Crippen molar-refractivity contribution in [2.24, 2.45) is 0 Å². The minimum Gasteiger partial charge on any atom is -0.388 e. The van der Waals surface area contributed by atoms with Crippen molar-refractivity contribution in [1.29, 1.82) is 0 Å². The molecule has 104 valence electrons. The number of pyridine rings is 1. The van der Waals surface area contributed by atoms with Crippen LogP contribution in [0.5, 0.6) is 0 Å². The van der Waals surface area contributed by atoms with Crippen LogP contribution in [0.2, 0.25) is 0 Å². The second kappa shape index (κ2) is 6.19. The van der Waals surface area contributed by atoms with Crippen molar-refractivity contribution >= 4 is 17.3 Å². The van der Waals surface area contributed by atoms with Crippen molar-refractivity contribution < 1.29 is 4.79 Å². The van der Waals surface area contributed by atoms with E-state index >= 15 is 0 Å². The third kappa shape index (κ3) is 2.79. The van der Waals surface area contributed by atoms with Gasteiger partial charge in [0, 0.05) is 42.9 Å². The van der Waals surface area contributed by atoms with Crippen molar-refractivity contribution in [3.63, 3.8) is 0 Å². The van der Waals surface area contributed by atoms with Gasteiger partial charge in [0.05, 0.1) is 0 Å². The molecule has 0 bridgehead atoms. The van der Waals surface area contributed by atoms with E-state index in [4.69, 9.17) is 0 Å². The van der Waals surface area contributed by atoms with Gasteiger partial charge in [-0.05, 0) is 49.7 Å². The van der Waals surface area contributed by atoms with Gasteiger partial charge in [0.1, 0.15) is 0 Å². The molecule has 1 N–H and O–H groups in total. The van der Waals surface area contributed by atoms with E-state index in [1.165, 1.54) is 0 Å². The van der Waals surface area contributed by atoms with Crippen LogP contribution in [0.25, 0.3) is 0 Å². The maximum absolute atomic E-state index is 12.7. The first kappa shape index (κ1) is 14.1. The fourth-order valence-corrected chi connectivity index (χ4v) is 2.17. The molecule has 0 saturated heterocycles. The lowest BCUT2D eigenvalue weighted by Gasteiger charge is -2.22. The van der Waals surface area contributed by atoms with Gasteiger partial charge in [-0.3, -0.25) is 9.78 Å². The number of nitrogens with one attached hydrogen (secondary N) is 1. The summed E-state index contributed by atoms with van der Waals surface area (Å²) in [4.78, 5) is 18.4. The molecule has 1 aromatic carbocycles. The molecule has 0 radical (unpaired) electrons. The highest BCUT2D eigenvalue weighted by Gasteiger charge is 2.17. The summed E-state index contributed by atoms with van der Waals surface area (Å²) >= 11 is 0. The van der Waals surface area contributed by atoms with Crippen LogP contribution in [0, 0.1) is 6.92 Å². The molecule has 0 fully saturated rings. The van der Waals surface area contributed by atoms with Gasteiger partial charge in [-0.2, -0.15) is 0 Å². The maximum atomic E-state index is 12.7. The van der Waals surface area contributed by atoms with Crippen LogP contribution < -0.4 is 10.2 Å². The van der Waals surface area contributed by atoms with Gasteiger partial charge in [-0.1, -0.05) is 0 Å². The van der Waals surface area contributed by atoms with Crippen molar-refractivity contribution in [1.82, 2.24) is 4.98 Å². The van der Waals surface area contributed by atoms with Gasteiger partial charge in [0.25, 0.3) is 5.91 Å². The maximum Gasteiger partial charge on any atom is 0.258 e. The number of aromatic nitrogens is 1. The van der Waals surface area contributed by atoms with Crippen LogP contribution in [0.4, 0.5) is 11.4 Å². The molecule has 0 aliphatic carbocycles. The molecule has 2 aromatic rings. The molecule has 0 saturated carbocycles. The molecule has 1 heterocycles. The summed E-state index contributed by atoms with van der Waals surface area (Å²) in [5.74, 6) is 0.0128. The third-order valence-electron chi connectivity index (χ3n) is 3.28. The van der Waals surface area contributed by atoms with Crippen molar-refractivity contribution in [3.8, 4) is 0 Å². The third-order valence-corrected chi connectivity index (χ3v) is 3.28. The summed E-state index contributed by atoms with van der Waals surface area (Å²) in [6, 6.07) is 9.46. The van der Waals surface area contributed by atoms with Crippen molar-refractivity contribution in [3.05, 3.63) is 53.9 Å². The Balaban J connectivity index is 2.34. The largest absolute Gasteiger partial charge is 0.388 e. The lowest BCUT2D eigenvalue weighted by molar-refractivity contribution is 0.0988. The minimum atomic E-state index is 0.0128. The summed E-state index contributed by atoms with van der Waals surface area (Å²) in [6.07, 6.45) is 3.39. The van der Waals surface area contributed by atoms with E-state index in [0.29, 0.717) is 6.54 Å². The molecule has 1 amide bonds. The van der Waals surface area contributed by atoms with E-state index in [0.717, 1.165) is 22.5 Å². The monoisotopic (exact) mass is 269 g/mol. The number of aryl methyl sites for hydroxylation is 1. The first-order valence-electron chi connectivity index (χ1n) is 6.67. The second-order valence-corrected chi connectivity index (χ2v) is 4.53. The summed E-state index contributed by atoms with van der Waals surface area (Å²) in [7, 11) is 1.87. The molecule has 20 heavy (non-hydrogen) atoms. The Kier molecular flexibility index (Phi) is 4.35. The number of anilines is 2. The number of nitrogens with zero attached hydrogens (tertiary/aromatic N) is 2. The van der Waals surface area contributed by atoms with Crippen LogP contribution in [0.1, 0.15) is 22.8 Å².